The average molecular weight is 209 g/mol. The molecule has 0 atom stereocenters. The van der Waals surface area contributed by atoms with Gasteiger partial charge in [-0.15, -0.1) is 0 Å². The van der Waals surface area contributed by atoms with Crippen molar-refractivity contribution in [3.8, 4) is 0 Å². The summed E-state index contributed by atoms with van der Waals surface area (Å²) in [4.78, 5) is 8.89. The Hall–Kier alpha value is -1.38. The predicted octanol–water partition coefficient (Wildman–Crippen LogP) is 0.839. The van der Waals surface area contributed by atoms with Crippen molar-refractivity contribution in [2.75, 3.05) is 0 Å². The van der Waals surface area contributed by atoms with Gasteiger partial charge in [0.15, 0.2) is 12.4 Å². The van der Waals surface area contributed by atoms with E-state index in [9.17, 15) is 0 Å². The van der Waals surface area contributed by atoms with Gasteiger partial charge in [-0.05, 0) is 19.9 Å². The lowest BCUT2D eigenvalue weighted by atomic mass is 10.3. The van der Waals surface area contributed by atoms with Crippen LogP contribution < -0.4 is 9.67 Å². The number of hydrogen-bond donors (Lipinski definition) is 0. The van der Waals surface area contributed by atoms with E-state index in [0.717, 1.165) is 13.5 Å². The molecule has 3 heteroatoms. The van der Waals surface area contributed by atoms with Crippen molar-refractivity contribution in [2.24, 2.45) is 0 Å². The molecule has 0 unspecified atom stereocenters. The standard InChI is InChI=1S/C10H16N.C2H4O2/c1-3-4-7-11-8-5-6-10(2)9-11;1-2(3)4/h5-6,8-9H,3-4,7H2,1-2H3;1H3,(H,3,4)/q+1;/p-1. The number of aliphatic carboxylic acids is 1. The first-order valence-electron chi connectivity index (χ1n) is 5.19. The molecule has 0 fully saturated rings. The van der Waals surface area contributed by atoms with Crippen molar-refractivity contribution in [1.29, 1.82) is 0 Å². The molecule has 0 aliphatic rings. The van der Waals surface area contributed by atoms with E-state index in [1.165, 1.54) is 18.4 Å². The summed E-state index contributed by atoms with van der Waals surface area (Å²) in [6.45, 7) is 6.47. The zero-order valence-electron chi connectivity index (χ0n) is 9.69. The van der Waals surface area contributed by atoms with Crippen LogP contribution >= 0.6 is 0 Å². The molecule has 3 nitrogen and oxygen atoms in total. The molecule has 1 heterocycles. The highest BCUT2D eigenvalue weighted by Crippen LogP contribution is 1.91. The summed E-state index contributed by atoms with van der Waals surface area (Å²) >= 11 is 0. The van der Waals surface area contributed by atoms with Crippen LogP contribution in [0.5, 0.6) is 0 Å². The number of nitrogens with zero attached hydrogens (tertiary/aromatic N) is 1. The molecule has 15 heavy (non-hydrogen) atoms. The number of unbranched alkanes of at least 4 members (excludes halogenated alkanes) is 1. The number of hydrogen-bond acceptors (Lipinski definition) is 2. The first-order valence-corrected chi connectivity index (χ1v) is 5.19. The van der Waals surface area contributed by atoms with Gasteiger partial charge in [-0.2, -0.15) is 0 Å². The lowest BCUT2D eigenvalue weighted by Gasteiger charge is -1.94. The van der Waals surface area contributed by atoms with Gasteiger partial charge in [0.2, 0.25) is 0 Å². The molecule has 0 spiro atoms. The number of rotatable bonds is 3. The van der Waals surface area contributed by atoms with Gasteiger partial charge >= 0.3 is 0 Å². The van der Waals surface area contributed by atoms with E-state index in [2.05, 4.69) is 42.9 Å². The summed E-state index contributed by atoms with van der Waals surface area (Å²) in [6.07, 6.45) is 6.85. The highest BCUT2D eigenvalue weighted by Gasteiger charge is 1.97. The lowest BCUT2D eigenvalue weighted by molar-refractivity contribution is -0.697. The summed E-state index contributed by atoms with van der Waals surface area (Å²) in [6, 6.07) is 4.23. The van der Waals surface area contributed by atoms with Crippen molar-refractivity contribution in [3.63, 3.8) is 0 Å². The molecule has 1 aromatic rings. The summed E-state index contributed by atoms with van der Waals surface area (Å²) in [5.41, 5.74) is 1.34. The molecule has 1 aromatic heterocycles. The minimum absolute atomic E-state index is 0.972. The quantitative estimate of drug-likeness (QED) is 0.692. The third kappa shape index (κ3) is 8.94. The largest absolute Gasteiger partial charge is 0.550 e. The van der Waals surface area contributed by atoms with E-state index >= 15 is 0 Å². The smallest absolute Gasteiger partial charge is 0.171 e. The van der Waals surface area contributed by atoms with Crippen LogP contribution in [0.15, 0.2) is 24.5 Å². The number of aromatic nitrogens is 1. The zero-order chi connectivity index (χ0) is 11.7. The normalized spacial score (nSPS) is 9.00. The maximum absolute atomic E-state index is 8.89. The maximum Gasteiger partial charge on any atom is 0.171 e. The van der Waals surface area contributed by atoms with Gasteiger partial charge < -0.3 is 9.90 Å². The number of carbonyl (C=O) groups is 1. The number of carbonyl (C=O) groups excluding carboxylic acids is 1. The molecule has 0 aliphatic heterocycles. The van der Waals surface area contributed by atoms with E-state index < -0.39 is 5.97 Å². The van der Waals surface area contributed by atoms with Gasteiger partial charge in [-0.1, -0.05) is 13.3 Å². The number of pyridine rings is 1. The van der Waals surface area contributed by atoms with Crippen LogP contribution in [0.3, 0.4) is 0 Å². The Morgan fingerprint density at radius 2 is 2.13 bits per heavy atom. The minimum atomic E-state index is -1.08. The van der Waals surface area contributed by atoms with Crippen molar-refractivity contribution < 1.29 is 14.5 Å². The Bertz CT molecular complexity index is 293. The Morgan fingerprint density at radius 1 is 1.53 bits per heavy atom. The Morgan fingerprint density at radius 3 is 2.60 bits per heavy atom. The molecule has 0 bridgehead atoms. The predicted molar refractivity (Wildman–Crippen MR) is 57.0 cm³/mol. The van der Waals surface area contributed by atoms with Gasteiger partial charge in [0.25, 0.3) is 0 Å². The number of carboxylic acid groups (broad SMARTS) is 1. The topological polar surface area (TPSA) is 44.0 Å². The van der Waals surface area contributed by atoms with Crippen molar-refractivity contribution in [3.05, 3.63) is 30.1 Å². The molecule has 0 aliphatic carbocycles. The van der Waals surface area contributed by atoms with Crippen molar-refractivity contribution in [1.82, 2.24) is 0 Å². The van der Waals surface area contributed by atoms with E-state index in [-0.39, 0.29) is 0 Å². The van der Waals surface area contributed by atoms with Crippen LogP contribution in [-0.2, 0) is 11.3 Å². The first-order chi connectivity index (χ1) is 7.06. The van der Waals surface area contributed by atoms with Crippen LogP contribution in [0, 0.1) is 6.92 Å². The summed E-state index contributed by atoms with van der Waals surface area (Å²) in [5, 5.41) is 8.89. The molecule has 0 amide bonds. The number of aryl methyl sites for hydroxylation is 2. The molecule has 0 saturated carbocycles. The average Bonchev–Trinajstić information content (AvgIpc) is 2.14. The molecular formula is C12H19NO2. The van der Waals surface area contributed by atoms with E-state index in [1.54, 1.807) is 0 Å². The third-order valence-corrected chi connectivity index (χ3v) is 1.78. The third-order valence-electron chi connectivity index (χ3n) is 1.78. The van der Waals surface area contributed by atoms with Gasteiger partial charge in [0.05, 0.1) is 0 Å². The first kappa shape index (κ1) is 13.6. The highest BCUT2D eigenvalue weighted by molar-refractivity contribution is 5.60. The molecule has 0 radical (unpaired) electrons. The maximum atomic E-state index is 8.89. The molecule has 0 saturated heterocycles. The summed E-state index contributed by atoms with van der Waals surface area (Å²) < 4.78 is 2.25. The van der Waals surface area contributed by atoms with Crippen LogP contribution in [0.4, 0.5) is 0 Å². The second kappa shape index (κ2) is 7.97. The van der Waals surface area contributed by atoms with Gasteiger partial charge in [0, 0.05) is 24.0 Å². The number of carboxylic acids is 1. The summed E-state index contributed by atoms with van der Waals surface area (Å²) in [7, 11) is 0. The van der Waals surface area contributed by atoms with E-state index in [0.29, 0.717) is 0 Å². The Kier molecular flexibility index (Phi) is 7.24. The highest BCUT2D eigenvalue weighted by atomic mass is 16.4. The van der Waals surface area contributed by atoms with Crippen LogP contribution in [0.25, 0.3) is 0 Å². The van der Waals surface area contributed by atoms with Crippen LogP contribution in [-0.4, -0.2) is 5.97 Å². The second-order valence-corrected chi connectivity index (χ2v) is 3.46. The molecule has 84 valence electrons. The fourth-order valence-electron chi connectivity index (χ4n) is 1.13. The fraction of sp³-hybridized carbons (Fsp3) is 0.500. The van der Waals surface area contributed by atoms with Crippen LogP contribution in [0.1, 0.15) is 32.3 Å². The Labute approximate surface area is 91.4 Å². The SMILES string of the molecule is CC(=O)[O-].CCCC[n+]1cccc(C)c1. The second-order valence-electron chi connectivity index (χ2n) is 3.46. The van der Waals surface area contributed by atoms with E-state index in [1.807, 2.05) is 0 Å². The monoisotopic (exact) mass is 209 g/mol. The van der Waals surface area contributed by atoms with Crippen molar-refractivity contribution in [2.45, 2.75) is 40.2 Å². The zero-order valence-corrected chi connectivity index (χ0v) is 9.69. The Balaban J connectivity index is 0.000000423. The summed E-state index contributed by atoms with van der Waals surface area (Å²) in [5.74, 6) is -1.08. The fourth-order valence-corrected chi connectivity index (χ4v) is 1.13. The van der Waals surface area contributed by atoms with Gasteiger partial charge in [-0.25, -0.2) is 4.57 Å². The molecule has 0 N–H and O–H groups in total. The molecular weight excluding hydrogens is 190 g/mol. The van der Waals surface area contributed by atoms with E-state index in [4.69, 9.17) is 9.90 Å². The lowest BCUT2D eigenvalue weighted by Crippen LogP contribution is -2.32. The van der Waals surface area contributed by atoms with Gasteiger partial charge in [-0.3, -0.25) is 0 Å². The molecule has 1 rings (SSSR count). The van der Waals surface area contributed by atoms with Crippen molar-refractivity contribution >= 4 is 5.97 Å². The van der Waals surface area contributed by atoms with Gasteiger partial charge in [0.1, 0.15) is 6.54 Å². The molecule has 0 aromatic carbocycles. The van der Waals surface area contributed by atoms with Crippen LogP contribution in [0.2, 0.25) is 0 Å². The minimum Gasteiger partial charge on any atom is -0.550 e.